The van der Waals surface area contributed by atoms with Crippen LogP contribution in [-0.2, 0) is 0 Å². The molecule has 0 aliphatic heterocycles. The fourth-order valence-corrected chi connectivity index (χ4v) is 3.95. The molecule has 0 N–H and O–H groups in total. The predicted molar refractivity (Wildman–Crippen MR) is 67.5 cm³/mol. The summed E-state index contributed by atoms with van der Waals surface area (Å²) >= 11 is 4.42. The standard InChI is InChI=1S/C11H15IS/c12-11-8-7-10(13-11)9-5-3-1-2-4-6-9/h7-9H,1-6H2. The van der Waals surface area contributed by atoms with Crippen molar-refractivity contribution >= 4 is 33.9 Å². The second-order valence-electron chi connectivity index (χ2n) is 3.83. The van der Waals surface area contributed by atoms with Crippen molar-refractivity contribution in [1.29, 1.82) is 0 Å². The molecule has 1 saturated carbocycles. The summed E-state index contributed by atoms with van der Waals surface area (Å²) in [4.78, 5) is 1.63. The molecule has 0 saturated heterocycles. The van der Waals surface area contributed by atoms with Crippen molar-refractivity contribution < 1.29 is 0 Å². The Bertz CT molecular complexity index is 259. The molecular formula is C11H15IS. The van der Waals surface area contributed by atoms with Gasteiger partial charge in [0.15, 0.2) is 0 Å². The van der Waals surface area contributed by atoms with Crippen molar-refractivity contribution in [3.05, 3.63) is 19.9 Å². The van der Waals surface area contributed by atoms with Crippen molar-refractivity contribution in [2.75, 3.05) is 0 Å². The number of hydrogen-bond donors (Lipinski definition) is 0. The molecule has 1 fully saturated rings. The van der Waals surface area contributed by atoms with Crippen LogP contribution in [0.3, 0.4) is 0 Å². The Morgan fingerprint density at radius 1 is 1.08 bits per heavy atom. The SMILES string of the molecule is Ic1ccc(C2CCCCCC2)s1. The molecule has 1 aromatic heterocycles. The van der Waals surface area contributed by atoms with Gasteiger partial charge in [0.25, 0.3) is 0 Å². The molecule has 1 aliphatic rings. The lowest BCUT2D eigenvalue weighted by Crippen LogP contribution is -1.93. The van der Waals surface area contributed by atoms with E-state index < -0.39 is 0 Å². The highest BCUT2D eigenvalue weighted by Gasteiger charge is 2.15. The Balaban J connectivity index is 2.06. The van der Waals surface area contributed by atoms with Crippen LogP contribution >= 0.6 is 33.9 Å². The van der Waals surface area contributed by atoms with E-state index in [1.165, 1.54) is 41.4 Å². The van der Waals surface area contributed by atoms with Crippen LogP contribution in [0.15, 0.2) is 12.1 Å². The van der Waals surface area contributed by atoms with E-state index in [1.54, 1.807) is 4.88 Å². The largest absolute Gasteiger partial charge is 0.134 e. The van der Waals surface area contributed by atoms with Crippen LogP contribution in [-0.4, -0.2) is 0 Å². The maximum atomic E-state index is 2.42. The van der Waals surface area contributed by atoms with Crippen molar-refractivity contribution in [2.24, 2.45) is 0 Å². The highest BCUT2D eigenvalue weighted by Crippen LogP contribution is 2.35. The Labute approximate surface area is 97.9 Å². The molecule has 0 bridgehead atoms. The zero-order chi connectivity index (χ0) is 9.10. The molecule has 0 spiro atoms. The molecule has 1 aromatic rings. The number of halogens is 1. The van der Waals surface area contributed by atoms with Gasteiger partial charge < -0.3 is 0 Å². The zero-order valence-corrected chi connectivity index (χ0v) is 10.7. The molecule has 13 heavy (non-hydrogen) atoms. The third-order valence-corrected chi connectivity index (χ3v) is 4.91. The summed E-state index contributed by atoms with van der Waals surface area (Å²) < 4.78 is 1.44. The Kier molecular flexibility index (Phi) is 3.66. The maximum Gasteiger partial charge on any atom is 0.0656 e. The van der Waals surface area contributed by atoms with Crippen LogP contribution in [0.2, 0.25) is 0 Å². The van der Waals surface area contributed by atoms with Gasteiger partial charge in [0.2, 0.25) is 0 Å². The van der Waals surface area contributed by atoms with Gasteiger partial charge in [-0.2, -0.15) is 0 Å². The number of hydrogen-bond acceptors (Lipinski definition) is 1. The van der Waals surface area contributed by atoms with Crippen LogP contribution in [0, 0.1) is 2.88 Å². The first-order chi connectivity index (χ1) is 6.36. The second kappa shape index (κ2) is 4.78. The predicted octanol–water partition coefficient (Wildman–Crippen LogP) is 4.79. The molecular weight excluding hydrogens is 291 g/mol. The molecule has 72 valence electrons. The van der Waals surface area contributed by atoms with E-state index in [4.69, 9.17) is 0 Å². The van der Waals surface area contributed by atoms with Gasteiger partial charge in [-0.3, -0.25) is 0 Å². The van der Waals surface area contributed by atoms with E-state index in [1.807, 2.05) is 11.3 Å². The van der Waals surface area contributed by atoms with Crippen molar-refractivity contribution in [2.45, 2.75) is 44.4 Å². The maximum absolute atomic E-state index is 2.42. The molecule has 0 aromatic carbocycles. The first kappa shape index (κ1) is 9.97. The Morgan fingerprint density at radius 3 is 2.31 bits per heavy atom. The van der Waals surface area contributed by atoms with Crippen LogP contribution in [0.4, 0.5) is 0 Å². The van der Waals surface area contributed by atoms with Crippen LogP contribution in [0.25, 0.3) is 0 Å². The monoisotopic (exact) mass is 306 g/mol. The first-order valence-corrected chi connectivity index (χ1v) is 7.01. The molecule has 0 atom stereocenters. The van der Waals surface area contributed by atoms with E-state index in [2.05, 4.69) is 34.7 Å². The summed E-state index contributed by atoms with van der Waals surface area (Å²) in [5.41, 5.74) is 0. The van der Waals surface area contributed by atoms with Gasteiger partial charge in [0, 0.05) is 4.88 Å². The van der Waals surface area contributed by atoms with Crippen molar-refractivity contribution in [3.8, 4) is 0 Å². The van der Waals surface area contributed by atoms with Gasteiger partial charge in [-0.05, 0) is 53.5 Å². The van der Waals surface area contributed by atoms with Gasteiger partial charge in [-0.15, -0.1) is 11.3 Å². The van der Waals surface area contributed by atoms with Crippen molar-refractivity contribution in [3.63, 3.8) is 0 Å². The molecule has 2 rings (SSSR count). The fraction of sp³-hybridized carbons (Fsp3) is 0.636. The third kappa shape index (κ3) is 2.69. The minimum absolute atomic E-state index is 0.885. The Hall–Kier alpha value is 0.430. The van der Waals surface area contributed by atoms with Crippen molar-refractivity contribution in [1.82, 2.24) is 0 Å². The summed E-state index contributed by atoms with van der Waals surface area (Å²) in [6, 6.07) is 4.59. The number of rotatable bonds is 1. The minimum Gasteiger partial charge on any atom is -0.134 e. The average Bonchev–Trinajstić information content (AvgIpc) is 2.43. The summed E-state index contributed by atoms with van der Waals surface area (Å²) in [7, 11) is 0. The normalized spacial score (nSPS) is 20.1. The topological polar surface area (TPSA) is 0 Å². The van der Waals surface area contributed by atoms with Gasteiger partial charge in [-0.1, -0.05) is 25.7 Å². The van der Waals surface area contributed by atoms with Gasteiger partial charge in [0.1, 0.15) is 0 Å². The molecule has 2 heteroatoms. The molecule has 0 radical (unpaired) electrons. The summed E-state index contributed by atoms with van der Waals surface area (Å²) in [5, 5.41) is 0. The van der Waals surface area contributed by atoms with Gasteiger partial charge >= 0.3 is 0 Å². The minimum atomic E-state index is 0.885. The number of thiophene rings is 1. The zero-order valence-electron chi connectivity index (χ0n) is 7.76. The summed E-state index contributed by atoms with van der Waals surface area (Å²) in [6.07, 6.45) is 8.66. The van der Waals surface area contributed by atoms with E-state index in [9.17, 15) is 0 Å². The highest BCUT2D eigenvalue weighted by molar-refractivity contribution is 14.1. The smallest absolute Gasteiger partial charge is 0.0656 e. The van der Waals surface area contributed by atoms with E-state index in [-0.39, 0.29) is 0 Å². The van der Waals surface area contributed by atoms with Crippen LogP contribution in [0.5, 0.6) is 0 Å². The second-order valence-corrected chi connectivity index (χ2v) is 6.84. The average molecular weight is 306 g/mol. The van der Waals surface area contributed by atoms with Gasteiger partial charge in [0.05, 0.1) is 2.88 Å². The first-order valence-electron chi connectivity index (χ1n) is 5.11. The van der Waals surface area contributed by atoms with E-state index in [0.717, 1.165) is 5.92 Å². The molecule has 0 amide bonds. The lowest BCUT2D eigenvalue weighted by molar-refractivity contribution is 0.602. The molecule has 0 nitrogen and oxygen atoms in total. The van der Waals surface area contributed by atoms with E-state index >= 15 is 0 Å². The Morgan fingerprint density at radius 2 is 1.77 bits per heavy atom. The summed E-state index contributed by atoms with van der Waals surface area (Å²) in [5.74, 6) is 0.885. The van der Waals surface area contributed by atoms with E-state index in [0.29, 0.717) is 0 Å². The quantitative estimate of drug-likeness (QED) is 0.517. The fourth-order valence-electron chi connectivity index (χ4n) is 2.11. The third-order valence-electron chi connectivity index (χ3n) is 2.85. The van der Waals surface area contributed by atoms with Gasteiger partial charge in [-0.25, -0.2) is 0 Å². The summed E-state index contributed by atoms with van der Waals surface area (Å²) in [6.45, 7) is 0. The lowest BCUT2D eigenvalue weighted by atomic mass is 9.99. The molecule has 1 aliphatic carbocycles. The molecule has 1 heterocycles. The van der Waals surface area contributed by atoms with Crippen LogP contribution in [0.1, 0.15) is 49.3 Å². The lowest BCUT2D eigenvalue weighted by Gasteiger charge is -2.10. The molecule has 0 unspecified atom stereocenters. The highest BCUT2D eigenvalue weighted by atomic mass is 127. The van der Waals surface area contributed by atoms with Crippen LogP contribution < -0.4 is 0 Å².